The Kier molecular flexibility index (Phi) is 7.83. The Hall–Kier alpha value is -2.83. The van der Waals surface area contributed by atoms with Crippen LogP contribution in [0.15, 0.2) is 43.0 Å². The van der Waals surface area contributed by atoms with E-state index in [2.05, 4.69) is 17.2 Å². The van der Waals surface area contributed by atoms with E-state index in [1.54, 1.807) is 45.0 Å². The summed E-state index contributed by atoms with van der Waals surface area (Å²) in [7, 11) is 0. The lowest BCUT2D eigenvalue weighted by atomic mass is 10.1. The molecule has 2 atom stereocenters. The molecule has 1 aromatic rings. The lowest BCUT2D eigenvalue weighted by molar-refractivity contribution is -0.142. The number of carbonyl (C=O) groups excluding carboxylic acids is 2. The number of nitrogens with one attached hydrogen (secondary N) is 2. The van der Waals surface area contributed by atoms with E-state index in [1.165, 1.54) is 6.08 Å². The minimum atomic E-state index is -1.16. The van der Waals surface area contributed by atoms with E-state index in [9.17, 15) is 19.5 Å². The first-order valence-electron chi connectivity index (χ1n) is 8.30. The molecule has 0 radical (unpaired) electrons. The van der Waals surface area contributed by atoms with E-state index in [0.717, 1.165) is 5.56 Å². The molecule has 0 heterocycles. The summed E-state index contributed by atoms with van der Waals surface area (Å²) in [6, 6.07) is 6.88. The van der Waals surface area contributed by atoms with E-state index >= 15 is 0 Å². The highest BCUT2D eigenvalue weighted by atomic mass is 16.6. The molecule has 7 heteroatoms. The molecule has 0 saturated heterocycles. The normalized spacial score (nSPS) is 13.2. The second kappa shape index (κ2) is 9.60. The standard InChI is InChI=1S/C19H26N2O5/c1-5-9-14(21-18(25)26-19(2,3)4)16(22)20-15(17(23)24)12-13-10-7-6-8-11-13/h5-8,10-11,14-15H,1,9,12H2,2-4H3,(H,20,22)(H,21,25)(H,23,24)/t14-,15-/m1/s1. The van der Waals surface area contributed by atoms with Gasteiger partial charge in [0.1, 0.15) is 17.7 Å². The van der Waals surface area contributed by atoms with Gasteiger partial charge in [-0.2, -0.15) is 0 Å². The summed E-state index contributed by atoms with van der Waals surface area (Å²) < 4.78 is 5.13. The van der Waals surface area contributed by atoms with Crippen LogP contribution < -0.4 is 10.6 Å². The van der Waals surface area contributed by atoms with Crippen molar-refractivity contribution in [2.24, 2.45) is 0 Å². The van der Waals surface area contributed by atoms with Crippen LogP contribution in [0.3, 0.4) is 0 Å². The largest absolute Gasteiger partial charge is 0.480 e. The zero-order valence-corrected chi connectivity index (χ0v) is 15.3. The van der Waals surface area contributed by atoms with Crippen LogP contribution in [0, 0.1) is 0 Å². The third-order valence-corrected chi connectivity index (χ3v) is 3.31. The molecule has 7 nitrogen and oxygen atoms in total. The summed E-state index contributed by atoms with van der Waals surface area (Å²) in [5.74, 6) is -1.77. The number of carboxylic acids is 1. The molecule has 1 rings (SSSR count). The average Bonchev–Trinajstić information content (AvgIpc) is 2.52. The SMILES string of the molecule is C=CC[C@@H](NC(=O)OC(C)(C)C)C(=O)N[C@H](Cc1ccccc1)C(=O)O. The Morgan fingerprint density at radius 1 is 1.15 bits per heavy atom. The van der Waals surface area contributed by atoms with Crippen LogP contribution in [0.4, 0.5) is 4.79 Å². The number of hydrogen-bond donors (Lipinski definition) is 3. The van der Waals surface area contributed by atoms with Crippen molar-refractivity contribution in [2.45, 2.75) is 51.3 Å². The lowest BCUT2D eigenvalue weighted by Gasteiger charge is -2.24. The summed E-state index contributed by atoms with van der Waals surface area (Å²) in [6.07, 6.45) is 0.987. The molecule has 0 unspecified atom stereocenters. The number of rotatable bonds is 8. The van der Waals surface area contributed by atoms with Crippen LogP contribution in [-0.4, -0.2) is 40.8 Å². The summed E-state index contributed by atoms with van der Waals surface area (Å²) in [4.78, 5) is 35.8. The Labute approximate surface area is 153 Å². The van der Waals surface area contributed by atoms with Gasteiger partial charge >= 0.3 is 12.1 Å². The van der Waals surface area contributed by atoms with Crippen LogP contribution >= 0.6 is 0 Å². The predicted octanol–water partition coefficient (Wildman–Crippen LogP) is 2.27. The number of amides is 2. The highest BCUT2D eigenvalue weighted by Gasteiger charge is 2.27. The number of alkyl carbamates (subject to hydrolysis) is 1. The van der Waals surface area contributed by atoms with Gasteiger partial charge in [0.15, 0.2) is 0 Å². The maximum absolute atomic E-state index is 12.4. The zero-order valence-electron chi connectivity index (χ0n) is 15.3. The highest BCUT2D eigenvalue weighted by Crippen LogP contribution is 2.08. The smallest absolute Gasteiger partial charge is 0.408 e. The Bertz CT molecular complexity index is 637. The first-order chi connectivity index (χ1) is 12.1. The van der Waals surface area contributed by atoms with Crippen LogP contribution in [0.1, 0.15) is 32.8 Å². The van der Waals surface area contributed by atoms with E-state index in [-0.39, 0.29) is 12.8 Å². The van der Waals surface area contributed by atoms with Gasteiger partial charge in [0.05, 0.1) is 0 Å². The van der Waals surface area contributed by atoms with Crippen molar-refractivity contribution >= 4 is 18.0 Å². The number of carbonyl (C=O) groups is 3. The average molecular weight is 362 g/mol. The van der Waals surface area contributed by atoms with Crippen molar-refractivity contribution in [1.29, 1.82) is 0 Å². The van der Waals surface area contributed by atoms with Crippen molar-refractivity contribution in [3.05, 3.63) is 48.6 Å². The molecule has 0 aliphatic heterocycles. The molecule has 1 aromatic carbocycles. The minimum Gasteiger partial charge on any atom is -0.480 e. The molecule has 0 aliphatic carbocycles. The fourth-order valence-corrected chi connectivity index (χ4v) is 2.17. The first kappa shape index (κ1) is 21.2. The van der Waals surface area contributed by atoms with Gasteiger partial charge in [0, 0.05) is 6.42 Å². The molecule has 0 spiro atoms. The van der Waals surface area contributed by atoms with E-state index < -0.39 is 35.7 Å². The van der Waals surface area contributed by atoms with Crippen LogP contribution in [-0.2, 0) is 20.7 Å². The summed E-state index contributed by atoms with van der Waals surface area (Å²) in [5, 5.41) is 14.3. The number of benzene rings is 1. The molecular weight excluding hydrogens is 336 g/mol. The summed E-state index contributed by atoms with van der Waals surface area (Å²) in [5.41, 5.74) is 0.0662. The Morgan fingerprint density at radius 2 is 1.77 bits per heavy atom. The molecule has 0 saturated carbocycles. The van der Waals surface area contributed by atoms with Crippen molar-refractivity contribution in [1.82, 2.24) is 10.6 Å². The quantitative estimate of drug-likeness (QED) is 0.615. The van der Waals surface area contributed by atoms with Crippen LogP contribution in [0.25, 0.3) is 0 Å². The van der Waals surface area contributed by atoms with Crippen molar-refractivity contribution in [2.75, 3.05) is 0 Å². The van der Waals surface area contributed by atoms with Gasteiger partial charge < -0.3 is 20.5 Å². The summed E-state index contributed by atoms with van der Waals surface area (Å²) >= 11 is 0. The topological polar surface area (TPSA) is 105 Å². The number of ether oxygens (including phenoxy) is 1. The number of hydrogen-bond acceptors (Lipinski definition) is 4. The van der Waals surface area contributed by atoms with Gasteiger partial charge in [-0.25, -0.2) is 9.59 Å². The molecule has 142 valence electrons. The number of aliphatic carboxylic acids is 1. The van der Waals surface area contributed by atoms with Gasteiger partial charge in [-0.15, -0.1) is 6.58 Å². The second-order valence-corrected chi connectivity index (χ2v) is 6.81. The van der Waals surface area contributed by atoms with E-state index in [1.807, 2.05) is 6.07 Å². The van der Waals surface area contributed by atoms with Crippen LogP contribution in [0.2, 0.25) is 0 Å². The second-order valence-electron chi connectivity index (χ2n) is 6.81. The van der Waals surface area contributed by atoms with Gasteiger partial charge in [-0.05, 0) is 32.8 Å². The van der Waals surface area contributed by atoms with Gasteiger partial charge in [0.25, 0.3) is 0 Å². The Morgan fingerprint density at radius 3 is 2.27 bits per heavy atom. The van der Waals surface area contributed by atoms with E-state index in [4.69, 9.17) is 4.74 Å². The van der Waals surface area contributed by atoms with Gasteiger partial charge in [-0.1, -0.05) is 36.4 Å². The fraction of sp³-hybridized carbons (Fsp3) is 0.421. The number of carboxylic acid groups (broad SMARTS) is 1. The molecule has 2 amide bonds. The predicted molar refractivity (Wildman–Crippen MR) is 97.7 cm³/mol. The van der Waals surface area contributed by atoms with Crippen molar-refractivity contribution in [3.63, 3.8) is 0 Å². The third kappa shape index (κ3) is 7.83. The molecule has 0 aromatic heterocycles. The van der Waals surface area contributed by atoms with Gasteiger partial charge in [0.2, 0.25) is 5.91 Å². The third-order valence-electron chi connectivity index (χ3n) is 3.31. The highest BCUT2D eigenvalue weighted by molar-refractivity contribution is 5.89. The first-order valence-corrected chi connectivity index (χ1v) is 8.30. The lowest BCUT2D eigenvalue weighted by Crippen LogP contribution is -2.52. The Balaban J connectivity index is 2.77. The van der Waals surface area contributed by atoms with Crippen molar-refractivity contribution < 1.29 is 24.2 Å². The van der Waals surface area contributed by atoms with Gasteiger partial charge in [-0.3, -0.25) is 4.79 Å². The maximum Gasteiger partial charge on any atom is 0.408 e. The summed E-state index contributed by atoms with van der Waals surface area (Å²) in [6.45, 7) is 8.67. The van der Waals surface area contributed by atoms with Crippen LogP contribution in [0.5, 0.6) is 0 Å². The zero-order chi connectivity index (χ0) is 19.7. The fourth-order valence-electron chi connectivity index (χ4n) is 2.17. The molecule has 3 N–H and O–H groups in total. The molecule has 0 bridgehead atoms. The monoisotopic (exact) mass is 362 g/mol. The molecular formula is C19H26N2O5. The van der Waals surface area contributed by atoms with Crippen molar-refractivity contribution in [3.8, 4) is 0 Å². The minimum absolute atomic E-state index is 0.134. The molecule has 0 fully saturated rings. The molecule has 26 heavy (non-hydrogen) atoms. The molecule has 0 aliphatic rings. The maximum atomic E-state index is 12.4. The van der Waals surface area contributed by atoms with E-state index in [0.29, 0.717) is 0 Å².